The lowest BCUT2D eigenvalue weighted by atomic mass is 9.85. The summed E-state index contributed by atoms with van der Waals surface area (Å²) in [4.78, 5) is 31.3. The van der Waals surface area contributed by atoms with Crippen molar-refractivity contribution in [3.63, 3.8) is 0 Å². The number of benzene rings is 1. The van der Waals surface area contributed by atoms with Gasteiger partial charge in [-0.2, -0.15) is 0 Å². The zero-order valence-electron chi connectivity index (χ0n) is 16.9. The number of nitrogens with one attached hydrogen (secondary N) is 1. The van der Waals surface area contributed by atoms with Crippen molar-refractivity contribution in [2.45, 2.75) is 47.1 Å². The van der Waals surface area contributed by atoms with E-state index in [1.165, 1.54) is 21.5 Å². The van der Waals surface area contributed by atoms with Crippen molar-refractivity contribution >= 4 is 27.5 Å². The second-order valence-electron chi connectivity index (χ2n) is 8.06. The minimum Gasteiger partial charge on any atom is -0.355 e. The summed E-state index contributed by atoms with van der Waals surface area (Å²) in [6.45, 7) is 9.16. The molecule has 0 saturated heterocycles. The van der Waals surface area contributed by atoms with E-state index in [1.807, 2.05) is 32.0 Å². The van der Waals surface area contributed by atoms with Crippen LogP contribution in [0.3, 0.4) is 0 Å². The third kappa shape index (κ3) is 4.68. The van der Waals surface area contributed by atoms with Crippen molar-refractivity contribution in [1.29, 1.82) is 0 Å². The van der Waals surface area contributed by atoms with Gasteiger partial charge >= 0.3 is 0 Å². The molecule has 0 spiro atoms. The zero-order chi connectivity index (χ0) is 20.3. The summed E-state index contributed by atoms with van der Waals surface area (Å²) >= 11 is 1.53. The average molecular weight is 398 g/mol. The van der Waals surface area contributed by atoms with Gasteiger partial charge in [-0.15, -0.1) is 11.3 Å². The van der Waals surface area contributed by atoms with E-state index in [-0.39, 0.29) is 23.3 Å². The van der Waals surface area contributed by atoms with Crippen LogP contribution in [-0.4, -0.2) is 22.0 Å². The number of carbonyl (C=O) groups is 1. The smallest absolute Gasteiger partial charge is 0.262 e. The van der Waals surface area contributed by atoms with Crippen molar-refractivity contribution in [3.05, 3.63) is 63.0 Å². The second kappa shape index (κ2) is 8.27. The molecule has 3 rings (SSSR count). The lowest BCUT2D eigenvalue weighted by Gasteiger charge is -2.25. The Morgan fingerprint density at radius 2 is 1.93 bits per heavy atom. The highest BCUT2D eigenvalue weighted by Gasteiger charge is 2.19. The summed E-state index contributed by atoms with van der Waals surface area (Å²) in [6, 6.07) is 10.3. The number of nitrogens with zero attached hydrogens (tertiary/aromatic N) is 2. The predicted octanol–water partition coefficient (Wildman–Crippen LogP) is 3.85. The first-order chi connectivity index (χ1) is 13.3. The molecule has 0 unspecified atom stereocenters. The standard InChI is InChI=1S/C22H27N3O2S/c1-15-16(2)28-20-19(15)21(27)25(14-24-20)11-10-18(26)23-13-22(3,4)12-17-8-6-5-7-9-17/h5-9,14H,10-13H2,1-4H3,(H,23,26). The van der Waals surface area contributed by atoms with Crippen molar-refractivity contribution in [3.8, 4) is 0 Å². The topological polar surface area (TPSA) is 64.0 Å². The zero-order valence-corrected chi connectivity index (χ0v) is 17.7. The molecule has 5 nitrogen and oxygen atoms in total. The Hall–Kier alpha value is -2.47. The predicted molar refractivity (Wildman–Crippen MR) is 115 cm³/mol. The van der Waals surface area contributed by atoms with Crippen molar-refractivity contribution in [2.75, 3.05) is 6.54 Å². The molecular weight excluding hydrogens is 370 g/mol. The quantitative estimate of drug-likeness (QED) is 0.659. The molecule has 1 aromatic carbocycles. The summed E-state index contributed by atoms with van der Waals surface area (Å²) in [7, 11) is 0. The Balaban J connectivity index is 1.57. The van der Waals surface area contributed by atoms with Crippen molar-refractivity contribution < 1.29 is 4.79 Å². The monoisotopic (exact) mass is 397 g/mol. The van der Waals surface area contributed by atoms with Gasteiger partial charge in [-0.1, -0.05) is 44.2 Å². The number of hydrogen-bond donors (Lipinski definition) is 1. The van der Waals surface area contributed by atoms with Crippen LogP contribution < -0.4 is 10.9 Å². The van der Waals surface area contributed by atoms with Gasteiger partial charge in [0.05, 0.1) is 11.7 Å². The SMILES string of the molecule is Cc1sc2ncn(CCC(=O)NCC(C)(C)Cc3ccccc3)c(=O)c2c1C. The molecule has 148 valence electrons. The molecular formula is C22H27N3O2S. The Labute approximate surface area is 169 Å². The molecule has 0 bridgehead atoms. The highest BCUT2D eigenvalue weighted by Crippen LogP contribution is 2.25. The largest absolute Gasteiger partial charge is 0.355 e. The molecule has 28 heavy (non-hydrogen) atoms. The summed E-state index contributed by atoms with van der Waals surface area (Å²) in [5, 5.41) is 3.69. The average Bonchev–Trinajstić information content (AvgIpc) is 2.95. The van der Waals surface area contributed by atoms with Crippen LogP contribution in [0.4, 0.5) is 0 Å². The van der Waals surface area contributed by atoms with E-state index < -0.39 is 0 Å². The Morgan fingerprint density at radius 3 is 2.64 bits per heavy atom. The van der Waals surface area contributed by atoms with Crippen LogP contribution in [0.25, 0.3) is 10.2 Å². The summed E-state index contributed by atoms with van der Waals surface area (Å²) in [6.07, 6.45) is 2.70. The first-order valence-electron chi connectivity index (χ1n) is 9.52. The van der Waals surface area contributed by atoms with Gasteiger partial charge in [-0.25, -0.2) is 4.98 Å². The molecule has 0 aliphatic heterocycles. The number of aromatic nitrogens is 2. The van der Waals surface area contributed by atoms with Crippen molar-refractivity contribution in [1.82, 2.24) is 14.9 Å². The lowest BCUT2D eigenvalue weighted by Crippen LogP contribution is -2.36. The van der Waals surface area contributed by atoms with Crippen LogP contribution in [0.2, 0.25) is 0 Å². The summed E-state index contributed by atoms with van der Waals surface area (Å²) in [5.41, 5.74) is 2.14. The number of aryl methyl sites for hydroxylation is 3. The van der Waals surface area contributed by atoms with Crippen molar-refractivity contribution in [2.24, 2.45) is 5.41 Å². The van der Waals surface area contributed by atoms with Gasteiger partial charge < -0.3 is 5.32 Å². The van der Waals surface area contributed by atoms with Crippen LogP contribution in [0.5, 0.6) is 0 Å². The lowest BCUT2D eigenvalue weighted by molar-refractivity contribution is -0.121. The van der Waals surface area contributed by atoms with Gasteiger partial charge in [0.2, 0.25) is 5.91 Å². The van der Waals surface area contributed by atoms with E-state index in [0.717, 1.165) is 21.7 Å². The van der Waals surface area contributed by atoms with Gasteiger partial charge in [0.15, 0.2) is 0 Å². The maximum Gasteiger partial charge on any atom is 0.262 e. The first-order valence-corrected chi connectivity index (χ1v) is 10.3. The van der Waals surface area contributed by atoms with Crippen LogP contribution in [-0.2, 0) is 17.8 Å². The maximum atomic E-state index is 12.7. The molecule has 6 heteroatoms. The fourth-order valence-electron chi connectivity index (χ4n) is 3.29. The number of carbonyl (C=O) groups excluding carboxylic acids is 1. The number of amides is 1. The molecule has 1 amide bonds. The number of fused-ring (bicyclic) bond motifs is 1. The molecule has 0 saturated carbocycles. The van der Waals surface area contributed by atoms with E-state index in [9.17, 15) is 9.59 Å². The van der Waals surface area contributed by atoms with E-state index >= 15 is 0 Å². The van der Waals surface area contributed by atoms with Gasteiger partial charge in [0, 0.05) is 24.4 Å². The summed E-state index contributed by atoms with van der Waals surface area (Å²) < 4.78 is 1.54. The highest BCUT2D eigenvalue weighted by atomic mass is 32.1. The van der Waals surface area contributed by atoms with Gasteiger partial charge in [-0.3, -0.25) is 14.2 Å². The normalized spacial score (nSPS) is 11.7. The van der Waals surface area contributed by atoms with E-state index in [0.29, 0.717) is 18.5 Å². The van der Waals surface area contributed by atoms with Crippen LogP contribution in [0.15, 0.2) is 41.5 Å². The molecule has 0 radical (unpaired) electrons. The number of hydrogen-bond acceptors (Lipinski definition) is 4. The van der Waals surface area contributed by atoms with Crippen LogP contribution in [0.1, 0.15) is 36.3 Å². The molecule has 1 N–H and O–H groups in total. The molecule has 2 heterocycles. The Kier molecular flexibility index (Phi) is 5.98. The van der Waals surface area contributed by atoms with E-state index in [1.54, 1.807) is 6.33 Å². The van der Waals surface area contributed by atoms with Gasteiger partial charge in [0.1, 0.15) is 4.83 Å². The molecule has 3 aromatic rings. The van der Waals surface area contributed by atoms with E-state index in [4.69, 9.17) is 0 Å². The molecule has 2 aromatic heterocycles. The molecule has 0 fully saturated rings. The third-order valence-corrected chi connectivity index (χ3v) is 6.14. The van der Waals surface area contributed by atoms with Gasteiger partial charge in [-0.05, 0) is 36.8 Å². The van der Waals surface area contributed by atoms with Gasteiger partial charge in [0.25, 0.3) is 5.56 Å². The van der Waals surface area contributed by atoms with E-state index in [2.05, 4.69) is 36.3 Å². The molecule has 0 aliphatic carbocycles. The molecule has 0 atom stereocenters. The second-order valence-corrected chi connectivity index (χ2v) is 9.26. The Morgan fingerprint density at radius 1 is 1.21 bits per heavy atom. The Bertz CT molecular complexity index is 1040. The minimum atomic E-state index is -0.0657. The number of rotatable bonds is 7. The minimum absolute atomic E-state index is 0.0420. The summed E-state index contributed by atoms with van der Waals surface area (Å²) in [5.74, 6) is -0.0497. The first kappa shape index (κ1) is 20.3. The third-order valence-electron chi connectivity index (χ3n) is 5.03. The highest BCUT2D eigenvalue weighted by molar-refractivity contribution is 7.18. The van der Waals surface area contributed by atoms with Crippen LogP contribution >= 0.6 is 11.3 Å². The fraction of sp³-hybridized carbons (Fsp3) is 0.409. The maximum absolute atomic E-state index is 12.7. The number of thiophene rings is 1. The molecule has 0 aliphatic rings. The fourth-order valence-corrected chi connectivity index (χ4v) is 4.28. The van der Waals surface area contributed by atoms with Crippen LogP contribution in [0, 0.1) is 19.3 Å².